The lowest BCUT2D eigenvalue weighted by Gasteiger charge is -2.30. The van der Waals surface area contributed by atoms with E-state index in [1.54, 1.807) is 11.8 Å². The Morgan fingerprint density at radius 2 is 1.97 bits per heavy atom. The lowest BCUT2D eigenvalue weighted by Crippen LogP contribution is -2.50. The molecule has 3 atom stereocenters. The van der Waals surface area contributed by atoms with Crippen LogP contribution >= 0.6 is 11.3 Å². The first-order valence-electron chi connectivity index (χ1n) is 9.62. The molecular weight excluding hydrogens is 408 g/mol. The van der Waals surface area contributed by atoms with Crippen molar-refractivity contribution in [1.29, 1.82) is 0 Å². The van der Waals surface area contributed by atoms with Crippen LogP contribution in [-0.2, 0) is 19.4 Å². The molecule has 6 nitrogen and oxygen atoms in total. The minimum Gasteiger partial charge on any atom is -0.350 e. The van der Waals surface area contributed by atoms with Crippen LogP contribution in [0.1, 0.15) is 36.2 Å². The van der Waals surface area contributed by atoms with E-state index in [4.69, 9.17) is 0 Å². The summed E-state index contributed by atoms with van der Waals surface area (Å²) < 4.78 is 23.8. The average molecular weight is 433 g/mol. The number of nitrogens with one attached hydrogen (secondary N) is 1. The van der Waals surface area contributed by atoms with Crippen LogP contribution in [0.2, 0.25) is 0 Å². The summed E-state index contributed by atoms with van der Waals surface area (Å²) in [6, 6.07) is 11.2. The Labute approximate surface area is 174 Å². The second kappa shape index (κ2) is 7.25. The Hall–Kier alpha value is -2.19. The fourth-order valence-corrected chi connectivity index (χ4v) is 7.24. The average Bonchev–Trinajstić information content (AvgIpc) is 3.34. The monoisotopic (exact) mass is 432 g/mol. The Kier molecular flexibility index (Phi) is 5.02. The van der Waals surface area contributed by atoms with Gasteiger partial charge in [0.05, 0.1) is 29.0 Å². The highest BCUT2D eigenvalue weighted by atomic mass is 32.2. The molecule has 2 aromatic rings. The molecule has 0 radical (unpaired) electrons. The van der Waals surface area contributed by atoms with E-state index in [1.165, 1.54) is 11.3 Å². The fourth-order valence-electron chi connectivity index (χ4n) is 4.26. The first-order chi connectivity index (χ1) is 13.7. The van der Waals surface area contributed by atoms with E-state index >= 15 is 0 Å². The molecular formula is C21H24N2O4S2. The molecule has 8 heteroatoms. The lowest BCUT2D eigenvalue weighted by molar-refractivity contribution is -0.128. The number of carbonyl (C=O) groups excluding carboxylic acids is 2. The van der Waals surface area contributed by atoms with E-state index in [-0.39, 0.29) is 29.7 Å². The van der Waals surface area contributed by atoms with Crippen LogP contribution in [0.4, 0.5) is 5.69 Å². The number of aryl methyl sites for hydroxylation is 1. The van der Waals surface area contributed by atoms with Gasteiger partial charge in [0, 0.05) is 17.0 Å². The molecule has 1 aromatic heterocycles. The number of hydrogen-bond acceptors (Lipinski definition) is 5. The molecule has 2 fully saturated rings. The van der Waals surface area contributed by atoms with Gasteiger partial charge in [-0.25, -0.2) is 8.42 Å². The fraction of sp³-hybridized carbons (Fsp3) is 0.429. The van der Waals surface area contributed by atoms with Crippen LogP contribution in [0.5, 0.6) is 0 Å². The largest absolute Gasteiger partial charge is 0.350 e. The van der Waals surface area contributed by atoms with Gasteiger partial charge in [-0.1, -0.05) is 23.8 Å². The summed E-state index contributed by atoms with van der Waals surface area (Å²) >= 11 is 1.52. The van der Waals surface area contributed by atoms with Gasteiger partial charge in [-0.3, -0.25) is 9.59 Å². The molecule has 0 unspecified atom stereocenters. The number of thiophene rings is 1. The number of benzene rings is 1. The third kappa shape index (κ3) is 3.96. The van der Waals surface area contributed by atoms with Gasteiger partial charge in [-0.05, 0) is 43.8 Å². The van der Waals surface area contributed by atoms with E-state index in [2.05, 4.69) is 5.32 Å². The van der Waals surface area contributed by atoms with Crippen molar-refractivity contribution < 1.29 is 18.0 Å². The smallest absolute Gasteiger partial charge is 0.228 e. The quantitative estimate of drug-likeness (QED) is 0.805. The normalized spacial score (nSPS) is 28.6. The first kappa shape index (κ1) is 20.1. The zero-order valence-electron chi connectivity index (χ0n) is 16.4. The highest BCUT2D eigenvalue weighted by Crippen LogP contribution is 2.43. The predicted molar refractivity (Wildman–Crippen MR) is 114 cm³/mol. The van der Waals surface area contributed by atoms with E-state index < -0.39 is 27.3 Å². The molecule has 0 saturated carbocycles. The van der Waals surface area contributed by atoms with Gasteiger partial charge >= 0.3 is 0 Å². The van der Waals surface area contributed by atoms with Crippen LogP contribution in [0.25, 0.3) is 0 Å². The first-order valence-corrected chi connectivity index (χ1v) is 12.3. The van der Waals surface area contributed by atoms with Gasteiger partial charge in [-0.2, -0.15) is 0 Å². The molecule has 2 aliphatic heterocycles. The Bertz CT molecular complexity index is 1030. The summed E-state index contributed by atoms with van der Waals surface area (Å²) in [5, 5.41) is 4.89. The molecule has 0 bridgehead atoms. The third-order valence-corrected chi connectivity index (χ3v) is 8.58. The molecule has 2 aliphatic rings. The molecule has 1 aromatic carbocycles. The van der Waals surface area contributed by atoms with Crippen molar-refractivity contribution in [2.45, 2.75) is 38.3 Å². The maximum Gasteiger partial charge on any atom is 0.228 e. The van der Waals surface area contributed by atoms with Crippen molar-refractivity contribution in [3.05, 3.63) is 52.2 Å². The van der Waals surface area contributed by atoms with Gasteiger partial charge in [0.25, 0.3) is 0 Å². The summed E-state index contributed by atoms with van der Waals surface area (Å²) in [5.41, 5.74) is 1.08. The van der Waals surface area contributed by atoms with Crippen molar-refractivity contribution in [2.75, 3.05) is 16.4 Å². The minimum absolute atomic E-state index is 0.0578. The lowest BCUT2D eigenvalue weighted by atomic mass is 9.94. The van der Waals surface area contributed by atoms with Gasteiger partial charge in [0.1, 0.15) is 0 Å². The van der Waals surface area contributed by atoms with E-state index in [0.29, 0.717) is 6.42 Å². The van der Waals surface area contributed by atoms with E-state index in [9.17, 15) is 18.0 Å². The zero-order valence-corrected chi connectivity index (χ0v) is 18.1. The van der Waals surface area contributed by atoms with Gasteiger partial charge in [0.15, 0.2) is 9.84 Å². The number of sulfone groups is 1. The van der Waals surface area contributed by atoms with Crippen LogP contribution < -0.4 is 10.2 Å². The summed E-state index contributed by atoms with van der Waals surface area (Å²) in [5.74, 6) is -0.903. The SMILES string of the molecule is Cc1ccc(N2C(=O)C[C@H](C(=O)N[C@]3(C)CCS(=O)(=O)C3)[C@@H]2c2cccs2)cc1. The summed E-state index contributed by atoms with van der Waals surface area (Å²) in [4.78, 5) is 28.8. The van der Waals surface area contributed by atoms with Crippen LogP contribution in [0.3, 0.4) is 0 Å². The summed E-state index contributed by atoms with van der Waals surface area (Å²) in [6.07, 6.45) is 0.498. The Morgan fingerprint density at radius 1 is 1.24 bits per heavy atom. The van der Waals surface area contributed by atoms with Gasteiger partial charge in [0.2, 0.25) is 11.8 Å². The zero-order chi connectivity index (χ0) is 20.8. The second-order valence-corrected chi connectivity index (χ2v) is 11.4. The number of nitrogens with zero attached hydrogens (tertiary/aromatic N) is 1. The van der Waals surface area contributed by atoms with Crippen LogP contribution in [0.15, 0.2) is 41.8 Å². The van der Waals surface area contributed by atoms with Crippen molar-refractivity contribution in [2.24, 2.45) is 5.92 Å². The molecule has 0 aliphatic carbocycles. The van der Waals surface area contributed by atoms with Crippen LogP contribution in [-0.4, -0.2) is 37.3 Å². The second-order valence-electron chi connectivity index (χ2n) is 8.26. The number of amides is 2. The van der Waals surface area contributed by atoms with Gasteiger partial charge in [-0.15, -0.1) is 11.3 Å². The minimum atomic E-state index is -3.14. The number of rotatable bonds is 4. The standard InChI is InChI=1S/C21H24N2O4S2/c1-14-5-7-15(8-6-14)23-18(24)12-16(19(23)17-4-3-10-28-17)20(25)22-21(2)9-11-29(26,27)13-21/h3-8,10,16,19H,9,11-13H2,1-2H3,(H,22,25)/t16-,19+,21+/m0/s1. The molecule has 2 saturated heterocycles. The van der Waals surface area contributed by atoms with Crippen molar-refractivity contribution in [1.82, 2.24) is 5.32 Å². The molecule has 0 spiro atoms. The number of carbonyl (C=O) groups is 2. The van der Waals surface area contributed by atoms with Crippen molar-refractivity contribution in [3.8, 4) is 0 Å². The summed E-state index contributed by atoms with van der Waals surface area (Å²) in [6.45, 7) is 3.75. The van der Waals surface area contributed by atoms with E-state index in [1.807, 2.05) is 48.7 Å². The van der Waals surface area contributed by atoms with Gasteiger partial charge < -0.3 is 10.2 Å². The Morgan fingerprint density at radius 3 is 2.55 bits per heavy atom. The topological polar surface area (TPSA) is 83.6 Å². The number of hydrogen-bond donors (Lipinski definition) is 1. The molecule has 1 N–H and O–H groups in total. The predicted octanol–water partition coefficient (Wildman–Crippen LogP) is 2.84. The molecule has 29 heavy (non-hydrogen) atoms. The van der Waals surface area contributed by atoms with Crippen molar-refractivity contribution >= 4 is 38.7 Å². The highest BCUT2D eigenvalue weighted by molar-refractivity contribution is 7.91. The number of anilines is 1. The molecule has 154 valence electrons. The van der Waals surface area contributed by atoms with Crippen LogP contribution in [0, 0.1) is 12.8 Å². The maximum absolute atomic E-state index is 13.2. The Balaban J connectivity index is 1.65. The molecule has 4 rings (SSSR count). The third-order valence-electron chi connectivity index (χ3n) is 5.73. The molecule has 2 amide bonds. The van der Waals surface area contributed by atoms with Crippen molar-refractivity contribution in [3.63, 3.8) is 0 Å². The van der Waals surface area contributed by atoms with E-state index in [0.717, 1.165) is 16.1 Å². The summed E-state index contributed by atoms with van der Waals surface area (Å²) in [7, 11) is -3.14. The molecule has 3 heterocycles. The maximum atomic E-state index is 13.2. The highest BCUT2D eigenvalue weighted by Gasteiger charge is 2.48.